The van der Waals surface area contributed by atoms with Crippen molar-refractivity contribution in [2.75, 3.05) is 20.2 Å². The SMILES string of the molecule is CCCCN(C)S(=O)(=O)c1ccc(C#CCO)cc1F. The Bertz CT molecular complexity index is 617. The summed E-state index contributed by atoms with van der Waals surface area (Å²) in [6, 6.07) is 3.68. The molecule has 1 rings (SSSR count). The Morgan fingerprint density at radius 1 is 1.40 bits per heavy atom. The van der Waals surface area contributed by atoms with Gasteiger partial charge in [0, 0.05) is 19.2 Å². The summed E-state index contributed by atoms with van der Waals surface area (Å²) in [5.41, 5.74) is 0.326. The summed E-state index contributed by atoms with van der Waals surface area (Å²) >= 11 is 0. The van der Waals surface area contributed by atoms with Gasteiger partial charge in [-0.05, 0) is 24.6 Å². The van der Waals surface area contributed by atoms with E-state index < -0.39 is 15.8 Å². The lowest BCUT2D eigenvalue weighted by Gasteiger charge is -2.17. The van der Waals surface area contributed by atoms with Crippen molar-refractivity contribution in [3.05, 3.63) is 29.6 Å². The minimum atomic E-state index is -3.82. The van der Waals surface area contributed by atoms with Crippen molar-refractivity contribution < 1.29 is 17.9 Å². The second kappa shape index (κ2) is 7.39. The van der Waals surface area contributed by atoms with E-state index in [1.54, 1.807) is 0 Å². The zero-order valence-corrected chi connectivity index (χ0v) is 12.4. The van der Waals surface area contributed by atoms with Crippen LogP contribution in [0.3, 0.4) is 0 Å². The molecule has 0 spiro atoms. The zero-order chi connectivity index (χ0) is 15.2. The Kier molecular flexibility index (Phi) is 6.14. The first-order chi connectivity index (χ1) is 9.43. The Hall–Kier alpha value is -1.42. The molecular weight excluding hydrogens is 281 g/mol. The van der Waals surface area contributed by atoms with Crippen molar-refractivity contribution in [1.29, 1.82) is 0 Å². The molecule has 0 fully saturated rings. The van der Waals surface area contributed by atoms with Gasteiger partial charge in [0.1, 0.15) is 17.3 Å². The van der Waals surface area contributed by atoms with E-state index in [9.17, 15) is 12.8 Å². The lowest BCUT2D eigenvalue weighted by molar-refractivity contribution is 0.350. The molecule has 4 nitrogen and oxygen atoms in total. The fourth-order valence-electron chi connectivity index (χ4n) is 1.60. The minimum absolute atomic E-state index is 0.326. The first kappa shape index (κ1) is 16.6. The van der Waals surface area contributed by atoms with Gasteiger partial charge in [-0.1, -0.05) is 25.2 Å². The van der Waals surface area contributed by atoms with Gasteiger partial charge in [0.2, 0.25) is 10.0 Å². The Morgan fingerprint density at radius 2 is 2.10 bits per heavy atom. The average Bonchev–Trinajstić information content (AvgIpc) is 2.42. The molecule has 0 atom stereocenters. The van der Waals surface area contributed by atoms with Crippen LogP contribution in [0.25, 0.3) is 0 Å². The molecule has 1 N–H and O–H groups in total. The Morgan fingerprint density at radius 3 is 2.65 bits per heavy atom. The standard InChI is InChI=1S/C14H18FNO3S/c1-3-4-9-16(2)20(18,19)14-8-7-12(6-5-10-17)11-13(14)15/h7-8,11,17H,3-4,9-10H2,1-2H3. The summed E-state index contributed by atoms with van der Waals surface area (Å²) in [5, 5.41) is 8.57. The van der Waals surface area contributed by atoms with Crippen molar-refractivity contribution in [1.82, 2.24) is 4.31 Å². The van der Waals surface area contributed by atoms with Gasteiger partial charge in [-0.15, -0.1) is 0 Å². The van der Waals surface area contributed by atoms with Crippen LogP contribution in [0.5, 0.6) is 0 Å². The van der Waals surface area contributed by atoms with Gasteiger partial charge in [-0.2, -0.15) is 0 Å². The average molecular weight is 299 g/mol. The van der Waals surface area contributed by atoms with Crippen LogP contribution in [0, 0.1) is 17.7 Å². The van der Waals surface area contributed by atoms with Gasteiger partial charge in [0.15, 0.2) is 0 Å². The van der Waals surface area contributed by atoms with Crippen LogP contribution in [0.4, 0.5) is 4.39 Å². The molecular formula is C14H18FNO3S. The predicted molar refractivity (Wildman–Crippen MR) is 75.1 cm³/mol. The zero-order valence-electron chi connectivity index (χ0n) is 11.6. The molecule has 0 unspecified atom stereocenters. The van der Waals surface area contributed by atoms with Gasteiger partial charge >= 0.3 is 0 Å². The number of aliphatic hydroxyl groups is 1. The second-order valence-electron chi connectivity index (χ2n) is 4.29. The number of rotatable bonds is 5. The van der Waals surface area contributed by atoms with Gasteiger partial charge in [0.25, 0.3) is 0 Å². The Balaban J connectivity index is 3.07. The quantitative estimate of drug-likeness (QED) is 0.840. The van der Waals surface area contributed by atoms with Gasteiger partial charge in [-0.3, -0.25) is 0 Å². The summed E-state index contributed by atoms with van der Waals surface area (Å²) in [6.07, 6.45) is 1.58. The first-order valence-corrected chi connectivity index (χ1v) is 7.73. The summed E-state index contributed by atoms with van der Waals surface area (Å²) in [7, 11) is -2.38. The van der Waals surface area contributed by atoms with Crippen molar-refractivity contribution in [2.24, 2.45) is 0 Å². The highest BCUT2D eigenvalue weighted by Gasteiger charge is 2.23. The molecule has 0 aliphatic carbocycles. The number of sulfonamides is 1. The molecule has 0 aromatic heterocycles. The van der Waals surface area contributed by atoms with Gasteiger partial charge < -0.3 is 5.11 Å². The molecule has 0 aliphatic heterocycles. The second-order valence-corrected chi connectivity index (χ2v) is 6.30. The fraction of sp³-hybridized carbons (Fsp3) is 0.429. The molecule has 110 valence electrons. The van der Waals surface area contributed by atoms with Crippen LogP contribution < -0.4 is 0 Å². The number of benzene rings is 1. The maximum Gasteiger partial charge on any atom is 0.245 e. The first-order valence-electron chi connectivity index (χ1n) is 6.29. The largest absolute Gasteiger partial charge is 0.384 e. The van der Waals surface area contributed by atoms with E-state index in [-0.39, 0.29) is 11.5 Å². The maximum atomic E-state index is 13.9. The number of unbranched alkanes of at least 4 members (excludes halogenated alkanes) is 1. The number of hydrogen-bond acceptors (Lipinski definition) is 3. The normalized spacial score (nSPS) is 11.2. The maximum absolute atomic E-state index is 13.9. The summed E-state index contributed by atoms with van der Waals surface area (Å²) in [4.78, 5) is -0.356. The molecule has 0 radical (unpaired) electrons. The van der Waals surface area contributed by atoms with E-state index in [1.807, 2.05) is 6.92 Å². The molecule has 0 saturated heterocycles. The van der Waals surface area contributed by atoms with Crippen LogP contribution >= 0.6 is 0 Å². The number of aliphatic hydroxyl groups excluding tert-OH is 1. The van der Waals surface area contributed by atoms with E-state index in [4.69, 9.17) is 5.11 Å². The molecule has 0 amide bonds. The van der Waals surface area contributed by atoms with Gasteiger partial charge in [0.05, 0.1) is 0 Å². The van der Waals surface area contributed by atoms with Crippen molar-refractivity contribution in [3.8, 4) is 11.8 Å². The summed E-state index contributed by atoms with van der Waals surface area (Å²) in [5.74, 6) is 4.07. The van der Waals surface area contributed by atoms with Crippen molar-refractivity contribution >= 4 is 10.0 Å². The highest BCUT2D eigenvalue weighted by atomic mass is 32.2. The topological polar surface area (TPSA) is 57.6 Å². The minimum Gasteiger partial charge on any atom is -0.384 e. The van der Waals surface area contributed by atoms with E-state index >= 15 is 0 Å². The van der Waals surface area contributed by atoms with Crippen molar-refractivity contribution in [3.63, 3.8) is 0 Å². The fourth-order valence-corrected chi connectivity index (χ4v) is 2.85. The molecule has 0 heterocycles. The lowest BCUT2D eigenvalue weighted by atomic mass is 10.2. The number of hydrogen-bond donors (Lipinski definition) is 1. The lowest BCUT2D eigenvalue weighted by Crippen LogP contribution is -2.28. The third kappa shape index (κ3) is 4.04. The monoisotopic (exact) mass is 299 g/mol. The smallest absolute Gasteiger partial charge is 0.245 e. The summed E-state index contributed by atoms with van der Waals surface area (Å²) in [6.45, 7) is 1.97. The number of halogens is 1. The Labute approximate surface area is 119 Å². The molecule has 0 bridgehead atoms. The molecule has 6 heteroatoms. The van der Waals surface area contributed by atoms with E-state index in [0.29, 0.717) is 12.1 Å². The van der Waals surface area contributed by atoms with Crippen LogP contribution in [0.15, 0.2) is 23.1 Å². The highest BCUT2D eigenvalue weighted by molar-refractivity contribution is 7.89. The molecule has 1 aromatic rings. The van der Waals surface area contributed by atoms with E-state index in [2.05, 4.69) is 11.8 Å². The molecule has 1 aromatic carbocycles. The molecule has 0 aliphatic rings. The van der Waals surface area contributed by atoms with Gasteiger partial charge in [-0.25, -0.2) is 17.1 Å². The van der Waals surface area contributed by atoms with Crippen LogP contribution in [-0.4, -0.2) is 38.0 Å². The molecule has 20 heavy (non-hydrogen) atoms. The third-order valence-electron chi connectivity index (χ3n) is 2.76. The van der Waals surface area contributed by atoms with Crippen LogP contribution in [0.2, 0.25) is 0 Å². The van der Waals surface area contributed by atoms with E-state index in [1.165, 1.54) is 19.2 Å². The van der Waals surface area contributed by atoms with Crippen LogP contribution in [0.1, 0.15) is 25.3 Å². The predicted octanol–water partition coefficient (Wildman–Crippen LogP) is 1.59. The van der Waals surface area contributed by atoms with Crippen LogP contribution in [-0.2, 0) is 10.0 Å². The van der Waals surface area contributed by atoms with Crippen molar-refractivity contribution in [2.45, 2.75) is 24.7 Å². The highest BCUT2D eigenvalue weighted by Crippen LogP contribution is 2.19. The van der Waals surface area contributed by atoms with E-state index in [0.717, 1.165) is 23.2 Å². The third-order valence-corrected chi connectivity index (χ3v) is 4.65. The number of nitrogens with zero attached hydrogens (tertiary/aromatic N) is 1. The summed E-state index contributed by atoms with van der Waals surface area (Å²) < 4.78 is 39.5. The molecule has 0 saturated carbocycles.